The van der Waals surface area contributed by atoms with Crippen LogP contribution in [0.2, 0.25) is 0 Å². The van der Waals surface area contributed by atoms with Crippen molar-refractivity contribution in [3.8, 4) is 5.75 Å². The zero-order valence-electron chi connectivity index (χ0n) is 16.2. The standard InChI is InChI=1S/C22H30N2O3/c1-27-20-13-7-6-12-18(20)16-19(22(26)24-14-8-3-9-15-24)23-21(25)17-10-4-2-5-11-17/h6-7,12-13,16-17H,2-5,8-11,14-15H2,1H3,(H,23,25). The first-order valence-corrected chi connectivity index (χ1v) is 10.1. The van der Waals surface area contributed by atoms with Gasteiger partial charge < -0.3 is 15.0 Å². The van der Waals surface area contributed by atoms with E-state index in [1.165, 1.54) is 6.42 Å². The first-order chi connectivity index (χ1) is 13.2. The van der Waals surface area contributed by atoms with Gasteiger partial charge in [-0.25, -0.2) is 0 Å². The zero-order valence-corrected chi connectivity index (χ0v) is 16.2. The maximum Gasteiger partial charge on any atom is 0.270 e. The highest BCUT2D eigenvalue weighted by atomic mass is 16.5. The molecule has 2 aliphatic rings. The Morgan fingerprint density at radius 1 is 1.04 bits per heavy atom. The second-order valence-corrected chi connectivity index (χ2v) is 7.48. The number of rotatable bonds is 5. The second kappa shape index (κ2) is 9.58. The molecule has 1 aliphatic carbocycles. The molecule has 1 heterocycles. The molecule has 1 aliphatic heterocycles. The van der Waals surface area contributed by atoms with E-state index in [9.17, 15) is 9.59 Å². The highest BCUT2D eigenvalue weighted by Crippen LogP contribution is 2.25. The predicted molar refractivity (Wildman–Crippen MR) is 106 cm³/mol. The molecule has 2 fully saturated rings. The molecule has 5 heteroatoms. The van der Waals surface area contributed by atoms with E-state index in [1.54, 1.807) is 13.2 Å². The third kappa shape index (κ3) is 5.12. The van der Waals surface area contributed by atoms with Crippen LogP contribution in [0.3, 0.4) is 0 Å². The molecule has 0 bridgehead atoms. The Balaban J connectivity index is 1.84. The maximum absolute atomic E-state index is 13.1. The van der Waals surface area contributed by atoms with Gasteiger partial charge in [0.25, 0.3) is 5.91 Å². The minimum Gasteiger partial charge on any atom is -0.496 e. The molecule has 0 unspecified atom stereocenters. The van der Waals surface area contributed by atoms with Gasteiger partial charge >= 0.3 is 0 Å². The lowest BCUT2D eigenvalue weighted by molar-refractivity contribution is -0.131. The number of benzene rings is 1. The van der Waals surface area contributed by atoms with Gasteiger partial charge in [0, 0.05) is 24.6 Å². The third-order valence-electron chi connectivity index (χ3n) is 5.55. The number of nitrogens with one attached hydrogen (secondary N) is 1. The van der Waals surface area contributed by atoms with Crippen LogP contribution in [-0.4, -0.2) is 36.9 Å². The topological polar surface area (TPSA) is 58.6 Å². The van der Waals surface area contributed by atoms with Gasteiger partial charge in [-0.3, -0.25) is 9.59 Å². The van der Waals surface area contributed by atoms with Gasteiger partial charge in [0.1, 0.15) is 11.4 Å². The summed E-state index contributed by atoms with van der Waals surface area (Å²) >= 11 is 0. The summed E-state index contributed by atoms with van der Waals surface area (Å²) in [4.78, 5) is 27.8. The van der Waals surface area contributed by atoms with Crippen molar-refractivity contribution in [2.75, 3.05) is 20.2 Å². The molecule has 27 heavy (non-hydrogen) atoms. The number of carbonyl (C=O) groups excluding carboxylic acids is 2. The van der Waals surface area contributed by atoms with Gasteiger partial charge in [0.15, 0.2) is 0 Å². The average Bonchev–Trinajstić information content (AvgIpc) is 2.74. The molecule has 0 radical (unpaired) electrons. The molecule has 1 aromatic carbocycles. The van der Waals surface area contributed by atoms with Crippen molar-refractivity contribution in [1.82, 2.24) is 10.2 Å². The predicted octanol–water partition coefficient (Wildman–Crippen LogP) is 3.75. The first kappa shape index (κ1) is 19.5. The minimum absolute atomic E-state index is 0.00831. The number of nitrogens with zero attached hydrogens (tertiary/aromatic N) is 1. The molecule has 0 atom stereocenters. The molecule has 0 spiro atoms. The molecule has 1 N–H and O–H groups in total. The number of piperidine rings is 1. The van der Waals surface area contributed by atoms with Crippen LogP contribution in [0.4, 0.5) is 0 Å². The fraction of sp³-hybridized carbons (Fsp3) is 0.545. The Kier molecular flexibility index (Phi) is 6.91. The van der Waals surface area contributed by atoms with Crippen LogP contribution in [0.25, 0.3) is 6.08 Å². The summed E-state index contributed by atoms with van der Waals surface area (Å²) in [6.45, 7) is 1.50. The van der Waals surface area contributed by atoms with Gasteiger partial charge in [-0.15, -0.1) is 0 Å². The lowest BCUT2D eigenvalue weighted by Gasteiger charge is -2.28. The van der Waals surface area contributed by atoms with E-state index in [1.807, 2.05) is 29.2 Å². The van der Waals surface area contributed by atoms with E-state index < -0.39 is 0 Å². The molecule has 3 rings (SSSR count). The Morgan fingerprint density at radius 2 is 1.70 bits per heavy atom. The lowest BCUT2D eigenvalue weighted by atomic mass is 9.88. The highest BCUT2D eigenvalue weighted by molar-refractivity contribution is 6.01. The Labute approximate surface area is 161 Å². The molecule has 1 saturated carbocycles. The zero-order chi connectivity index (χ0) is 19.1. The Morgan fingerprint density at radius 3 is 2.41 bits per heavy atom. The van der Waals surface area contributed by atoms with Crippen molar-refractivity contribution in [2.24, 2.45) is 5.92 Å². The van der Waals surface area contributed by atoms with Crippen molar-refractivity contribution < 1.29 is 14.3 Å². The van der Waals surface area contributed by atoms with Crippen LogP contribution in [-0.2, 0) is 9.59 Å². The van der Waals surface area contributed by atoms with E-state index in [4.69, 9.17) is 4.74 Å². The summed E-state index contributed by atoms with van der Waals surface area (Å²) in [7, 11) is 1.61. The summed E-state index contributed by atoms with van der Waals surface area (Å²) < 4.78 is 5.41. The van der Waals surface area contributed by atoms with E-state index in [-0.39, 0.29) is 17.7 Å². The second-order valence-electron chi connectivity index (χ2n) is 7.48. The fourth-order valence-corrected chi connectivity index (χ4v) is 3.96. The number of methoxy groups -OCH3 is 1. The summed E-state index contributed by atoms with van der Waals surface area (Å²) in [6.07, 6.45) is 10.1. The van der Waals surface area contributed by atoms with Crippen molar-refractivity contribution in [1.29, 1.82) is 0 Å². The van der Waals surface area contributed by atoms with Crippen LogP contribution >= 0.6 is 0 Å². The summed E-state index contributed by atoms with van der Waals surface area (Å²) in [6, 6.07) is 7.55. The van der Waals surface area contributed by atoms with Gasteiger partial charge in [0.05, 0.1) is 7.11 Å². The molecule has 1 aromatic rings. The number of hydrogen-bond acceptors (Lipinski definition) is 3. The number of para-hydroxylation sites is 1. The minimum atomic E-state index is -0.0928. The molecule has 5 nitrogen and oxygen atoms in total. The van der Waals surface area contributed by atoms with Crippen molar-refractivity contribution in [2.45, 2.75) is 51.4 Å². The normalized spacial score (nSPS) is 18.9. The van der Waals surface area contributed by atoms with E-state index in [0.717, 1.165) is 63.6 Å². The van der Waals surface area contributed by atoms with E-state index in [0.29, 0.717) is 11.4 Å². The lowest BCUT2D eigenvalue weighted by Crippen LogP contribution is -2.42. The highest BCUT2D eigenvalue weighted by Gasteiger charge is 2.26. The van der Waals surface area contributed by atoms with Crippen LogP contribution in [0.1, 0.15) is 56.9 Å². The number of amides is 2. The average molecular weight is 370 g/mol. The van der Waals surface area contributed by atoms with E-state index >= 15 is 0 Å². The third-order valence-corrected chi connectivity index (χ3v) is 5.55. The number of hydrogen-bond donors (Lipinski definition) is 1. The SMILES string of the molecule is COc1ccccc1C=C(NC(=O)C1CCCCC1)C(=O)N1CCCCC1. The molecule has 0 aromatic heterocycles. The first-order valence-electron chi connectivity index (χ1n) is 10.1. The summed E-state index contributed by atoms with van der Waals surface area (Å²) in [5.41, 5.74) is 1.15. The summed E-state index contributed by atoms with van der Waals surface area (Å²) in [5, 5.41) is 2.96. The van der Waals surface area contributed by atoms with E-state index in [2.05, 4.69) is 5.32 Å². The summed E-state index contributed by atoms with van der Waals surface area (Å²) in [5.74, 6) is 0.577. The number of likely N-dealkylation sites (tertiary alicyclic amines) is 1. The number of carbonyl (C=O) groups is 2. The largest absolute Gasteiger partial charge is 0.496 e. The molecule has 2 amide bonds. The van der Waals surface area contributed by atoms with Crippen LogP contribution < -0.4 is 10.1 Å². The van der Waals surface area contributed by atoms with Gasteiger partial charge in [-0.2, -0.15) is 0 Å². The molecular weight excluding hydrogens is 340 g/mol. The maximum atomic E-state index is 13.1. The Hall–Kier alpha value is -2.30. The monoisotopic (exact) mass is 370 g/mol. The van der Waals surface area contributed by atoms with Crippen molar-refractivity contribution in [3.05, 3.63) is 35.5 Å². The van der Waals surface area contributed by atoms with Gasteiger partial charge in [0.2, 0.25) is 5.91 Å². The van der Waals surface area contributed by atoms with Crippen molar-refractivity contribution >= 4 is 17.9 Å². The van der Waals surface area contributed by atoms with Crippen LogP contribution in [0, 0.1) is 5.92 Å². The van der Waals surface area contributed by atoms with Gasteiger partial charge in [-0.1, -0.05) is 37.5 Å². The number of ether oxygens (including phenoxy) is 1. The van der Waals surface area contributed by atoms with Crippen LogP contribution in [0.15, 0.2) is 30.0 Å². The molecule has 146 valence electrons. The quantitative estimate of drug-likeness (QED) is 0.803. The van der Waals surface area contributed by atoms with Crippen LogP contribution in [0.5, 0.6) is 5.75 Å². The molecular formula is C22H30N2O3. The molecule has 1 saturated heterocycles. The van der Waals surface area contributed by atoms with Crippen molar-refractivity contribution in [3.63, 3.8) is 0 Å². The fourth-order valence-electron chi connectivity index (χ4n) is 3.96. The smallest absolute Gasteiger partial charge is 0.270 e. The Bertz CT molecular complexity index is 687. The van der Waals surface area contributed by atoms with Gasteiger partial charge in [-0.05, 0) is 44.2 Å².